The van der Waals surface area contributed by atoms with E-state index in [9.17, 15) is 27.9 Å². The molecule has 27 heavy (non-hydrogen) atoms. The smallest absolute Gasteiger partial charge is 0.387 e. The molecule has 1 amide bonds. The molecule has 0 bridgehead atoms. The maximum atomic E-state index is 12.8. The number of nitrogens with one attached hydrogen (secondary N) is 2. The van der Waals surface area contributed by atoms with E-state index in [1.807, 2.05) is 0 Å². The number of carbonyl (C=O) groups excluding carboxylic acids is 1. The fourth-order valence-corrected chi connectivity index (χ4v) is 2.60. The zero-order valence-electron chi connectivity index (χ0n) is 13.7. The molecular weight excluding hydrogens is 363 g/mol. The number of nitrogens with zero attached hydrogens (tertiary/aromatic N) is 1. The Morgan fingerprint density at radius 1 is 1.15 bits per heavy atom. The highest BCUT2D eigenvalue weighted by Gasteiger charge is 2.30. The van der Waals surface area contributed by atoms with Gasteiger partial charge >= 0.3 is 6.18 Å². The average Bonchev–Trinajstić information content (AvgIpc) is 2.66. The molecule has 2 aromatic carbocycles. The van der Waals surface area contributed by atoms with E-state index in [-0.39, 0.29) is 23.2 Å². The summed E-state index contributed by atoms with van der Waals surface area (Å²) in [5.74, 6) is -0.673. The Hall–Kier alpha value is -3.20. The highest BCUT2D eigenvalue weighted by atomic mass is 19.4. The van der Waals surface area contributed by atoms with Crippen molar-refractivity contribution in [3.05, 3.63) is 75.7 Å². The van der Waals surface area contributed by atoms with Gasteiger partial charge in [-0.25, -0.2) is 5.10 Å². The normalized spacial score (nSPS) is 12.7. The molecule has 9 heteroatoms. The van der Waals surface area contributed by atoms with Crippen molar-refractivity contribution in [2.75, 3.05) is 6.54 Å². The third kappa shape index (κ3) is 3.98. The van der Waals surface area contributed by atoms with Crippen LogP contribution in [0.1, 0.15) is 27.7 Å². The van der Waals surface area contributed by atoms with Crippen LogP contribution in [0.5, 0.6) is 0 Å². The molecule has 1 aromatic heterocycles. The van der Waals surface area contributed by atoms with Crippen molar-refractivity contribution in [1.82, 2.24) is 15.5 Å². The first kappa shape index (κ1) is 18.6. The van der Waals surface area contributed by atoms with E-state index in [1.165, 1.54) is 18.2 Å². The zero-order chi connectivity index (χ0) is 19.6. The molecule has 3 N–H and O–H groups in total. The summed E-state index contributed by atoms with van der Waals surface area (Å²) in [6.45, 7) is -0.324. The van der Waals surface area contributed by atoms with Crippen LogP contribution >= 0.6 is 0 Å². The first-order chi connectivity index (χ1) is 12.8. The molecule has 0 spiro atoms. The Labute approximate surface area is 150 Å². The number of aromatic nitrogens is 2. The van der Waals surface area contributed by atoms with Gasteiger partial charge in [-0.1, -0.05) is 30.3 Å². The molecule has 0 aliphatic heterocycles. The molecule has 0 aliphatic rings. The van der Waals surface area contributed by atoms with Gasteiger partial charge < -0.3 is 10.4 Å². The molecular formula is C18H14F3N3O3. The number of carbonyl (C=O) groups is 1. The summed E-state index contributed by atoms with van der Waals surface area (Å²) in [4.78, 5) is 24.1. The first-order valence-electron chi connectivity index (χ1n) is 7.88. The van der Waals surface area contributed by atoms with Crippen molar-refractivity contribution >= 4 is 16.7 Å². The molecule has 3 aromatic rings. The lowest BCUT2D eigenvalue weighted by atomic mass is 10.1. The summed E-state index contributed by atoms with van der Waals surface area (Å²) < 4.78 is 38.3. The monoisotopic (exact) mass is 377 g/mol. The molecule has 0 saturated heterocycles. The SMILES string of the molecule is O=C(NCC(O)c1cccc(C(F)(F)F)c1)c1n[nH]c(=O)c2ccccc12. The predicted octanol–water partition coefficient (Wildman–Crippen LogP) is 2.41. The Morgan fingerprint density at radius 3 is 2.56 bits per heavy atom. The standard InChI is InChI=1S/C18H14F3N3O3/c19-18(20,21)11-5-3-4-10(8-11)14(25)9-22-17(27)15-12-6-1-2-7-13(12)16(26)24-23-15/h1-8,14,25H,9H2,(H,22,27)(H,24,26). The Balaban J connectivity index is 1.77. The van der Waals surface area contributed by atoms with Crippen LogP contribution in [0.15, 0.2) is 53.3 Å². The molecule has 3 rings (SSSR count). The molecule has 1 atom stereocenters. The van der Waals surface area contributed by atoms with E-state index >= 15 is 0 Å². The van der Waals surface area contributed by atoms with Crippen LogP contribution in [-0.4, -0.2) is 27.8 Å². The van der Waals surface area contributed by atoms with Crippen LogP contribution in [0.4, 0.5) is 13.2 Å². The second-order valence-electron chi connectivity index (χ2n) is 5.80. The number of aliphatic hydroxyl groups is 1. The van der Waals surface area contributed by atoms with Gasteiger partial charge in [0.1, 0.15) is 0 Å². The molecule has 0 aliphatic carbocycles. The van der Waals surface area contributed by atoms with Gasteiger partial charge in [0, 0.05) is 11.9 Å². The second-order valence-corrected chi connectivity index (χ2v) is 5.80. The second kappa shape index (κ2) is 7.20. The van der Waals surface area contributed by atoms with Gasteiger partial charge in [-0.15, -0.1) is 0 Å². The molecule has 6 nitrogen and oxygen atoms in total. The van der Waals surface area contributed by atoms with Crippen molar-refractivity contribution in [3.63, 3.8) is 0 Å². The minimum Gasteiger partial charge on any atom is -0.387 e. The molecule has 0 saturated carbocycles. The van der Waals surface area contributed by atoms with Gasteiger partial charge in [0.2, 0.25) is 0 Å². The van der Waals surface area contributed by atoms with Crippen molar-refractivity contribution in [2.45, 2.75) is 12.3 Å². The van der Waals surface area contributed by atoms with Crippen LogP contribution in [0.2, 0.25) is 0 Å². The van der Waals surface area contributed by atoms with Gasteiger partial charge in [0.15, 0.2) is 5.69 Å². The van der Waals surface area contributed by atoms with Gasteiger partial charge in [-0.2, -0.15) is 18.3 Å². The molecule has 1 heterocycles. The molecule has 0 fully saturated rings. The summed E-state index contributed by atoms with van der Waals surface area (Å²) in [6.07, 6.45) is -5.87. The Bertz CT molecular complexity index is 1050. The predicted molar refractivity (Wildman–Crippen MR) is 91.1 cm³/mol. The number of aliphatic hydroxyl groups excluding tert-OH is 1. The fraction of sp³-hybridized carbons (Fsp3) is 0.167. The van der Waals surface area contributed by atoms with E-state index in [2.05, 4.69) is 15.5 Å². The maximum Gasteiger partial charge on any atom is 0.416 e. The van der Waals surface area contributed by atoms with Crippen LogP contribution in [0.25, 0.3) is 10.8 Å². The third-order valence-electron chi connectivity index (χ3n) is 3.97. The minimum atomic E-state index is -4.53. The Kier molecular flexibility index (Phi) is 4.95. The third-order valence-corrected chi connectivity index (χ3v) is 3.97. The van der Waals surface area contributed by atoms with E-state index in [0.29, 0.717) is 5.39 Å². The van der Waals surface area contributed by atoms with Crippen LogP contribution in [0, 0.1) is 0 Å². The number of fused-ring (bicyclic) bond motifs is 1. The number of amides is 1. The lowest BCUT2D eigenvalue weighted by Crippen LogP contribution is -2.30. The number of H-pyrrole nitrogens is 1. The molecule has 1 unspecified atom stereocenters. The number of halogens is 3. The van der Waals surface area contributed by atoms with E-state index < -0.39 is 29.3 Å². The number of hydrogen-bond donors (Lipinski definition) is 3. The number of hydrogen-bond acceptors (Lipinski definition) is 4. The quantitative estimate of drug-likeness (QED) is 0.651. The lowest BCUT2D eigenvalue weighted by molar-refractivity contribution is -0.137. The summed E-state index contributed by atoms with van der Waals surface area (Å²) in [5.41, 5.74) is -1.38. The van der Waals surface area contributed by atoms with Crippen molar-refractivity contribution in [1.29, 1.82) is 0 Å². The molecule has 140 valence electrons. The van der Waals surface area contributed by atoms with E-state index in [4.69, 9.17) is 0 Å². The summed E-state index contributed by atoms with van der Waals surface area (Å²) in [5, 5.41) is 19.1. The van der Waals surface area contributed by atoms with Gasteiger partial charge in [0.05, 0.1) is 17.1 Å². The summed E-state index contributed by atoms with van der Waals surface area (Å²) >= 11 is 0. The highest BCUT2D eigenvalue weighted by Crippen LogP contribution is 2.30. The van der Waals surface area contributed by atoms with Crippen LogP contribution in [0.3, 0.4) is 0 Å². The zero-order valence-corrected chi connectivity index (χ0v) is 13.7. The van der Waals surface area contributed by atoms with E-state index in [1.54, 1.807) is 18.2 Å². The Morgan fingerprint density at radius 2 is 1.85 bits per heavy atom. The fourth-order valence-electron chi connectivity index (χ4n) is 2.60. The van der Waals surface area contributed by atoms with Gasteiger partial charge in [-0.05, 0) is 23.8 Å². The topological polar surface area (TPSA) is 95.1 Å². The number of alkyl halides is 3. The van der Waals surface area contributed by atoms with Gasteiger partial charge in [-0.3, -0.25) is 9.59 Å². The van der Waals surface area contributed by atoms with Crippen molar-refractivity contribution in [3.8, 4) is 0 Å². The summed E-state index contributed by atoms with van der Waals surface area (Å²) in [6, 6.07) is 10.6. The first-order valence-corrected chi connectivity index (χ1v) is 7.88. The number of rotatable bonds is 4. The number of benzene rings is 2. The maximum absolute atomic E-state index is 12.8. The minimum absolute atomic E-state index is 0.0180. The average molecular weight is 377 g/mol. The lowest BCUT2D eigenvalue weighted by Gasteiger charge is -2.14. The van der Waals surface area contributed by atoms with Gasteiger partial charge in [0.25, 0.3) is 11.5 Å². The van der Waals surface area contributed by atoms with Crippen molar-refractivity contribution < 1.29 is 23.1 Å². The highest BCUT2D eigenvalue weighted by molar-refractivity contribution is 6.04. The van der Waals surface area contributed by atoms with Crippen LogP contribution in [-0.2, 0) is 6.18 Å². The van der Waals surface area contributed by atoms with Crippen molar-refractivity contribution in [2.24, 2.45) is 0 Å². The van der Waals surface area contributed by atoms with E-state index in [0.717, 1.165) is 12.1 Å². The summed E-state index contributed by atoms with van der Waals surface area (Å²) in [7, 11) is 0. The van der Waals surface area contributed by atoms with Crippen LogP contribution < -0.4 is 10.9 Å². The molecule has 0 radical (unpaired) electrons. The number of aromatic amines is 1. The largest absolute Gasteiger partial charge is 0.416 e.